The molecule has 20 heavy (non-hydrogen) atoms. The first kappa shape index (κ1) is 13.2. The molecule has 5 nitrogen and oxygen atoms in total. The van der Waals surface area contributed by atoms with E-state index in [9.17, 15) is 0 Å². The molecule has 0 saturated heterocycles. The summed E-state index contributed by atoms with van der Waals surface area (Å²) in [7, 11) is 0. The van der Waals surface area contributed by atoms with Gasteiger partial charge in [0, 0.05) is 24.1 Å². The standard InChI is InChI=1S/C15H21N5/c1-11-14(4-3-7-17-13-5-6-13)12(2)20(19-11)15-10-16-8-9-18-15/h8-10,13,17H,3-7H2,1-2H3. The Bertz CT molecular complexity index is 571. The third-order valence-corrected chi connectivity index (χ3v) is 3.82. The highest BCUT2D eigenvalue weighted by atomic mass is 15.3. The second kappa shape index (κ2) is 5.71. The van der Waals surface area contributed by atoms with Gasteiger partial charge in [-0.15, -0.1) is 0 Å². The molecule has 1 saturated carbocycles. The number of nitrogens with zero attached hydrogens (tertiary/aromatic N) is 4. The maximum absolute atomic E-state index is 4.60. The normalized spacial score (nSPS) is 14.7. The summed E-state index contributed by atoms with van der Waals surface area (Å²) in [4.78, 5) is 8.43. The lowest BCUT2D eigenvalue weighted by Gasteiger charge is -2.05. The molecule has 2 heterocycles. The lowest BCUT2D eigenvalue weighted by atomic mass is 10.1. The fourth-order valence-electron chi connectivity index (χ4n) is 2.52. The summed E-state index contributed by atoms with van der Waals surface area (Å²) in [6, 6.07) is 0.791. The summed E-state index contributed by atoms with van der Waals surface area (Å²) in [5.41, 5.74) is 3.61. The Morgan fingerprint density at radius 1 is 1.30 bits per heavy atom. The average molecular weight is 271 g/mol. The summed E-state index contributed by atoms with van der Waals surface area (Å²) < 4.78 is 1.89. The molecule has 5 heteroatoms. The van der Waals surface area contributed by atoms with Gasteiger partial charge in [-0.3, -0.25) is 4.98 Å². The van der Waals surface area contributed by atoms with Crippen molar-refractivity contribution in [2.75, 3.05) is 6.54 Å². The van der Waals surface area contributed by atoms with Crippen molar-refractivity contribution in [2.24, 2.45) is 0 Å². The molecule has 0 unspecified atom stereocenters. The van der Waals surface area contributed by atoms with Gasteiger partial charge in [0.05, 0.1) is 11.9 Å². The van der Waals surface area contributed by atoms with Gasteiger partial charge in [0.25, 0.3) is 0 Å². The van der Waals surface area contributed by atoms with Crippen LogP contribution in [-0.2, 0) is 6.42 Å². The van der Waals surface area contributed by atoms with Gasteiger partial charge >= 0.3 is 0 Å². The molecule has 2 aromatic rings. The zero-order valence-corrected chi connectivity index (χ0v) is 12.1. The number of aromatic nitrogens is 4. The first-order valence-electron chi connectivity index (χ1n) is 7.30. The average Bonchev–Trinajstić information content (AvgIpc) is 3.24. The van der Waals surface area contributed by atoms with Crippen LogP contribution in [0.4, 0.5) is 0 Å². The van der Waals surface area contributed by atoms with Crippen molar-refractivity contribution < 1.29 is 0 Å². The van der Waals surface area contributed by atoms with Crippen molar-refractivity contribution in [1.82, 2.24) is 25.1 Å². The minimum atomic E-state index is 0.787. The Morgan fingerprint density at radius 2 is 2.15 bits per heavy atom. The fraction of sp³-hybridized carbons (Fsp3) is 0.533. The van der Waals surface area contributed by atoms with Crippen molar-refractivity contribution >= 4 is 0 Å². The summed E-state index contributed by atoms with van der Waals surface area (Å²) in [5.74, 6) is 0.787. The zero-order chi connectivity index (χ0) is 13.9. The summed E-state index contributed by atoms with van der Waals surface area (Å²) >= 11 is 0. The van der Waals surface area contributed by atoms with Crippen LogP contribution in [0.1, 0.15) is 36.2 Å². The molecule has 0 aromatic carbocycles. The van der Waals surface area contributed by atoms with Gasteiger partial charge in [0.1, 0.15) is 0 Å². The third kappa shape index (κ3) is 2.88. The molecule has 0 radical (unpaired) electrons. The Hall–Kier alpha value is -1.75. The molecule has 0 bridgehead atoms. The second-order valence-corrected chi connectivity index (χ2v) is 5.46. The van der Waals surface area contributed by atoms with Crippen molar-refractivity contribution in [1.29, 1.82) is 0 Å². The summed E-state index contributed by atoms with van der Waals surface area (Å²) in [6.45, 7) is 5.28. The summed E-state index contributed by atoms with van der Waals surface area (Å²) in [6.07, 6.45) is 10.1. The fourth-order valence-corrected chi connectivity index (χ4v) is 2.52. The maximum Gasteiger partial charge on any atom is 0.172 e. The van der Waals surface area contributed by atoms with Crippen LogP contribution in [0.3, 0.4) is 0 Å². The number of hydrogen-bond donors (Lipinski definition) is 1. The van der Waals surface area contributed by atoms with Crippen LogP contribution in [0, 0.1) is 13.8 Å². The van der Waals surface area contributed by atoms with E-state index in [1.807, 2.05) is 4.68 Å². The van der Waals surface area contributed by atoms with Gasteiger partial charge < -0.3 is 5.32 Å². The highest BCUT2D eigenvalue weighted by molar-refractivity contribution is 5.31. The van der Waals surface area contributed by atoms with E-state index in [0.29, 0.717) is 0 Å². The Labute approximate surface area is 119 Å². The van der Waals surface area contributed by atoms with Crippen molar-refractivity contribution in [2.45, 2.75) is 45.6 Å². The van der Waals surface area contributed by atoms with Gasteiger partial charge in [-0.2, -0.15) is 5.10 Å². The van der Waals surface area contributed by atoms with Gasteiger partial charge in [-0.05, 0) is 51.6 Å². The molecule has 0 aliphatic heterocycles. The van der Waals surface area contributed by atoms with Gasteiger partial charge in [-0.25, -0.2) is 9.67 Å². The lowest BCUT2D eigenvalue weighted by Crippen LogP contribution is -2.18. The molecule has 1 aliphatic rings. The van der Waals surface area contributed by atoms with Crippen LogP contribution in [0.15, 0.2) is 18.6 Å². The van der Waals surface area contributed by atoms with E-state index >= 15 is 0 Å². The molecule has 0 spiro atoms. The van der Waals surface area contributed by atoms with Crippen LogP contribution in [-0.4, -0.2) is 32.3 Å². The first-order valence-corrected chi connectivity index (χ1v) is 7.30. The van der Waals surface area contributed by atoms with Crippen LogP contribution in [0.2, 0.25) is 0 Å². The number of rotatable bonds is 6. The molecule has 1 N–H and O–H groups in total. The van der Waals surface area contributed by atoms with E-state index in [1.165, 1.54) is 24.1 Å². The molecular weight excluding hydrogens is 250 g/mol. The van der Waals surface area contributed by atoms with E-state index in [4.69, 9.17) is 0 Å². The number of hydrogen-bond acceptors (Lipinski definition) is 4. The Kier molecular flexibility index (Phi) is 3.78. The topological polar surface area (TPSA) is 55.6 Å². The predicted octanol–water partition coefficient (Wildman–Crippen LogP) is 1.96. The van der Waals surface area contributed by atoms with E-state index in [1.54, 1.807) is 18.6 Å². The predicted molar refractivity (Wildman–Crippen MR) is 78.0 cm³/mol. The molecule has 106 valence electrons. The molecule has 0 amide bonds. The molecular formula is C15H21N5. The van der Waals surface area contributed by atoms with Crippen molar-refractivity contribution in [3.05, 3.63) is 35.5 Å². The van der Waals surface area contributed by atoms with E-state index in [-0.39, 0.29) is 0 Å². The minimum Gasteiger partial charge on any atom is -0.314 e. The van der Waals surface area contributed by atoms with Gasteiger partial charge in [0.15, 0.2) is 5.82 Å². The number of nitrogens with one attached hydrogen (secondary N) is 1. The third-order valence-electron chi connectivity index (χ3n) is 3.82. The van der Waals surface area contributed by atoms with Crippen LogP contribution >= 0.6 is 0 Å². The molecule has 3 rings (SSSR count). The monoisotopic (exact) mass is 271 g/mol. The Morgan fingerprint density at radius 3 is 2.85 bits per heavy atom. The van der Waals surface area contributed by atoms with Crippen LogP contribution < -0.4 is 5.32 Å². The minimum absolute atomic E-state index is 0.787. The second-order valence-electron chi connectivity index (χ2n) is 5.46. The largest absolute Gasteiger partial charge is 0.314 e. The van der Waals surface area contributed by atoms with E-state index < -0.39 is 0 Å². The quantitative estimate of drug-likeness (QED) is 0.816. The highest BCUT2D eigenvalue weighted by Gasteiger charge is 2.20. The van der Waals surface area contributed by atoms with Gasteiger partial charge in [-0.1, -0.05) is 0 Å². The van der Waals surface area contributed by atoms with Crippen molar-refractivity contribution in [3.8, 4) is 5.82 Å². The maximum atomic E-state index is 4.60. The Balaban J connectivity index is 1.69. The van der Waals surface area contributed by atoms with Gasteiger partial charge in [0.2, 0.25) is 0 Å². The SMILES string of the molecule is Cc1nn(-c2cnccn2)c(C)c1CCCNC1CC1. The smallest absolute Gasteiger partial charge is 0.172 e. The summed E-state index contributed by atoms with van der Waals surface area (Å²) in [5, 5.41) is 8.16. The van der Waals surface area contributed by atoms with E-state index in [2.05, 4.69) is 34.2 Å². The molecule has 1 fully saturated rings. The van der Waals surface area contributed by atoms with E-state index in [0.717, 1.165) is 36.9 Å². The zero-order valence-electron chi connectivity index (χ0n) is 12.1. The lowest BCUT2D eigenvalue weighted by molar-refractivity contribution is 0.644. The molecule has 1 aliphatic carbocycles. The highest BCUT2D eigenvalue weighted by Crippen LogP contribution is 2.20. The van der Waals surface area contributed by atoms with Crippen LogP contribution in [0.5, 0.6) is 0 Å². The molecule has 2 aromatic heterocycles. The van der Waals surface area contributed by atoms with Crippen LogP contribution in [0.25, 0.3) is 5.82 Å². The van der Waals surface area contributed by atoms with Crippen molar-refractivity contribution in [3.63, 3.8) is 0 Å². The number of aryl methyl sites for hydroxylation is 1. The first-order chi connectivity index (χ1) is 9.75. The molecule has 0 atom stereocenters.